The number of carbonyl (C=O) groups excluding carboxylic acids is 1. The summed E-state index contributed by atoms with van der Waals surface area (Å²) in [4.78, 5) is 12.8. The van der Waals surface area contributed by atoms with Gasteiger partial charge in [0.1, 0.15) is 10.6 Å². The number of sulfonamides is 1. The first kappa shape index (κ1) is 21.0. The largest absolute Gasteiger partial charge is 0.495 e. The summed E-state index contributed by atoms with van der Waals surface area (Å²) in [6, 6.07) is 6.64. The molecule has 0 saturated heterocycles. The van der Waals surface area contributed by atoms with Crippen molar-refractivity contribution in [1.29, 1.82) is 0 Å². The van der Waals surface area contributed by atoms with Gasteiger partial charge in [-0.25, -0.2) is 12.7 Å². The fourth-order valence-corrected chi connectivity index (χ4v) is 4.23. The molecule has 1 aromatic carbocycles. The minimum atomic E-state index is -3.71. The number of benzene rings is 1. The molecule has 2 rings (SSSR count). The molecule has 1 N–H and O–H groups in total. The number of carbonyl (C=O) groups is 1. The van der Waals surface area contributed by atoms with Crippen LogP contribution in [-0.4, -0.2) is 44.4 Å². The Kier molecular flexibility index (Phi) is 6.01. The predicted octanol–water partition coefficient (Wildman–Crippen LogP) is 3.20. The number of nitrogens with zero attached hydrogens (tertiary/aromatic N) is 2. The van der Waals surface area contributed by atoms with Crippen LogP contribution in [0, 0.1) is 13.8 Å². The lowest BCUT2D eigenvalue weighted by molar-refractivity contribution is 0.102. The van der Waals surface area contributed by atoms with Gasteiger partial charge in [0.2, 0.25) is 10.0 Å². The van der Waals surface area contributed by atoms with Crippen LogP contribution in [0.15, 0.2) is 29.2 Å². The third kappa shape index (κ3) is 4.01. The number of ether oxygens (including phenoxy) is 1. The van der Waals surface area contributed by atoms with Gasteiger partial charge in [0.05, 0.1) is 12.7 Å². The van der Waals surface area contributed by atoms with Crippen LogP contribution in [0.5, 0.6) is 5.75 Å². The lowest BCUT2D eigenvalue weighted by atomic mass is 10.2. The van der Waals surface area contributed by atoms with Crippen molar-refractivity contribution < 1.29 is 17.9 Å². The van der Waals surface area contributed by atoms with Crippen LogP contribution in [0.3, 0.4) is 0 Å². The summed E-state index contributed by atoms with van der Waals surface area (Å²) >= 11 is 0. The van der Waals surface area contributed by atoms with Crippen molar-refractivity contribution in [3.05, 3.63) is 41.2 Å². The van der Waals surface area contributed by atoms with Crippen molar-refractivity contribution >= 4 is 21.6 Å². The highest BCUT2D eigenvalue weighted by atomic mass is 32.2. The molecule has 0 fully saturated rings. The van der Waals surface area contributed by atoms with Crippen molar-refractivity contribution in [3.63, 3.8) is 0 Å². The Morgan fingerprint density at radius 2 is 1.81 bits per heavy atom. The van der Waals surface area contributed by atoms with E-state index in [0.717, 1.165) is 15.7 Å². The van der Waals surface area contributed by atoms with Gasteiger partial charge in [-0.3, -0.25) is 4.79 Å². The van der Waals surface area contributed by atoms with Crippen molar-refractivity contribution in [1.82, 2.24) is 8.87 Å². The summed E-state index contributed by atoms with van der Waals surface area (Å²) in [6.07, 6.45) is 0. The lowest BCUT2D eigenvalue weighted by Gasteiger charge is -2.16. The second kappa shape index (κ2) is 7.74. The average Bonchev–Trinajstić information content (AvgIpc) is 2.89. The first-order valence-electron chi connectivity index (χ1n) is 8.61. The van der Waals surface area contributed by atoms with Gasteiger partial charge in [0, 0.05) is 37.2 Å². The third-order valence-corrected chi connectivity index (χ3v) is 6.26. The number of anilines is 1. The number of hydrogen-bond acceptors (Lipinski definition) is 4. The van der Waals surface area contributed by atoms with Crippen LogP contribution in [-0.2, 0) is 10.0 Å². The van der Waals surface area contributed by atoms with Crippen LogP contribution < -0.4 is 10.1 Å². The molecule has 0 atom stereocenters. The van der Waals surface area contributed by atoms with E-state index in [0.29, 0.717) is 11.3 Å². The summed E-state index contributed by atoms with van der Waals surface area (Å²) in [6.45, 7) is 7.98. The number of nitrogens with one attached hydrogen (secondary N) is 1. The van der Waals surface area contributed by atoms with Crippen LogP contribution >= 0.6 is 0 Å². The zero-order valence-electron chi connectivity index (χ0n) is 16.8. The molecule has 1 amide bonds. The molecular formula is C19H27N3O4S. The maximum atomic E-state index is 12.8. The van der Waals surface area contributed by atoms with Gasteiger partial charge in [-0.1, -0.05) is 0 Å². The van der Waals surface area contributed by atoms with Gasteiger partial charge >= 0.3 is 0 Å². The van der Waals surface area contributed by atoms with E-state index >= 15 is 0 Å². The van der Waals surface area contributed by atoms with E-state index in [9.17, 15) is 13.2 Å². The third-order valence-electron chi connectivity index (χ3n) is 4.43. The van der Waals surface area contributed by atoms with Crippen molar-refractivity contribution in [2.45, 2.75) is 38.6 Å². The van der Waals surface area contributed by atoms with E-state index in [2.05, 4.69) is 23.7 Å². The van der Waals surface area contributed by atoms with Crippen LogP contribution in [0.2, 0.25) is 0 Å². The molecule has 0 unspecified atom stereocenters. The fourth-order valence-electron chi connectivity index (χ4n) is 3.15. The molecule has 0 radical (unpaired) electrons. The quantitative estimate of drug-likeness (QED) is 0.817. The number of amides is 1. The van der Waals surface area contributed by atoms with Gasteiger partial charge in [-0.15, -0.1) is 0 Å². The molecular weight excluding hydrogens is 366 g/mol. The number of aryl methyl sites for hydroxylation is 1. The van der Waals surface area contributed by atoms with E-state index in [1.54, 1.807) is 6.07 Å². The van der Waals surface area contributed by atoms with Gasteiger partial charge in [-0.2, -0.15) is 0 Å². The second-order valence-corrected chi connectivity index (χ2v) is 8.98. The number of aromatic nitrogens is 1. The monoisotopic (exact) mass is 393 g/mol. The standard InChI is InChI=1S/C19H27N3O4S/c1-12(2)22-13(3)10-16(14(22)4)19(23)20-15-8-9-17(26-7)18(11-15)27(24,25)21(5)6/h8-12H,1-7H3,(H,20,23). The predicted molar refractivity (Wildman–Crippen MR) is 106 cm³/mol. The molecule has 0 spiro atoms. The average molecular weight is 394 g/mol. The van der Waals surface area contributed by atoms with E-state index in [1.807, 2.05) is 19.9 Å². The first-order chi connectivity index (χ1) is 12.5. The SMILES string of the molecule is COc1ccc(NC(=O)c2cc(C)n(C(C)C)c2C)cc1S(=O)(=O)N(C)C. The maximum absolute atomic E-state index is 12.8. The highest BCUT2D eigenvalue weighted by Crippen LogP contribution is 2.29. The lowest BCUT2D eigenvalue weighted by Crippen LogP contribution is -2.23. The highest BCUT2D eigenvalue weighted by Gasteiger charge is 2.24. The molecule has 0 aliphatic heterocycles. The van der Waals surface area contributed by atoms with Crippen LogP contribution in [0.25, 0.3) is 0 Å². The fraction of sp³-hybridized carbons (Fsp3) is 0.421. The molecule has 0 aliphatic carbocycles. The summed E-state index contributed by atoms with van der Waals surface area (Å²) in [5.74, 6) is -0.0620. The van der Waals surface area contributed by atoms with E-state index in [-0.39, 0.29) is 22.6 Å². The number of hydrogen-bond donors (Lipinski definition) is 1. The molecule has 0 aliphatic rings. The van der Waals surface area contributed by atoms with Gasteiger partial charge in [0.25, 0.3) is 5.91 Å². The smallest absolute Gasteiger partial charge is 0.257 e. The summed E-state index contributed by atoms with van der Waals surface area (Å²) in [5.41, 5.74) is 2.82. The van der Waals surface area contributed by atoms with Crippen LogP contribution in [0.4, 0.5) is 5.69 Å². The Bertz CT molecular complexity index is 960. The van der Waals surface area contributed by atoms with Crippen molar-refractivity contribution in [2.24, 2.45) is 0 Å². The first-order valence-corrected chi connectivity index (χ1v) is 10.0. The zero-order chi connectivity index (χ0) is 20.5. The Hall–Kier alpha value is -2.32. The molecule has 7 nitrogen and oxygen atoms in total. The zero-order valence-corrected chi connectivity index (χ0v) is 17.6. The molecule has 27 heavy (non-hydrogen) atoms. The molecule has 0 saturated carbocycles. The summed E-state index contributed by atoms with van der Waals surface area (Å²) in [7, 11) is 0.585. The van der Waals surface area contributed by atoms with E-state index in [4.69, 9.17) is 4.74 Å². The summed E-state index contributed by atoms with van der Waals surface area (Å²) < 4.78 is 33.4. The van der Waals surface area contributed by atoms with E-state index in [1.165, 1.54) is 33.3 Å². The summed E-state index contributed by atoms with van der Waals surface area (Å²) in [5, 5.41) is 2.79. The van der Waals surface area contributed by atoms with E-state index < -0.39 is 10.0 Å². The molecule has 148 valence electrons. The molecule has 8 heteroatoms. The Labute approximate surface area is 161 Å². The Balaban J connectivity index is 2.42. The normalized spacial score (nSPS) is 11.9. The molecule has 2 aromatic rings. The van der Waals surface area contributed by atoms with Gasteiger partial charge < -0.3 is 14.6 Å². The minimum Gasteiger partial charge on any atom is -0.495 e. The van der Waals surface area contributed by atoms with Crippen molar-refractivity contribution in [2.75, 3.05) is 26.5 Å². The minimum absolute atomic E-state index is 0.000420. The number of methoxy groups -OCH3 is 1. The Morgan fingerprint density at radius 1 is 1.19 bits per heavy atom. The Morgan fingerprint density at radius 3 is 2.30 bits per heavy atom. The maximum Gasteiger partial charge on any atom is 0.257 e. The topological polar surface area (TPSA) is 80.6 Å². The second-order valence-electron chi connectivity index (χ2n) is 6.86. The van der Waals surface area contributed by atoms with Crippen molar-refractivity contribution in [3.8, 4) is 5.75 Å². The number of rotatable bonds is 6. The molecule has 0 bridgehead atoms. The van der Waals surface area contributed by atoms with Gasteiger partial charge in [-0.05, 0) is 52.0 Å². The van der Waals surface area contributed by atoms with Crippen LogP contribution in [0.1, 0.15) is 41.6 Å². The highest BCUT2D eigenvalue weighted by molar-refractivity contribution is 7.89. The molecule has 1 aromatic heterocycles. The van der Waals surface area contributed by atoms with Gasteiger partial charge in [0.15, 0.2) is 0 Å². The molecule has 1 heterocycles.